The van der Waals surface area contributed by atoms with Crippen LogP contribution in [0.1, 0.15) is 22.8 Å². The zero-order valence-electron chi connectivity index (χ0n) is 11.4. The summed E-state index contributed by atoms with van der Waals surface area (Å²) >= 11 is 0. The Labute approximate surface area is 118 Å². The van der Waals surface area contributed by atoms with Crippen molar-refractivity contribution in [1.82, 2.24) is 5.32 Å². The van der Waals surface area contributed by atoms with Crippen LogP contribution in [-0.4, -0.2) is 12.5 Å². The minimum absolute atomic E-state index is 0.379. The first-order chi connectivity index (χ1) is 9.70. The largest absolute Gasteiger partial charge is 0.457 e. The molecule has 0 aliphatic heterocycles. The van der Waals surface area contributed by atoms with E-state index in [1.54, 1.807) is 18.2 Å². The van der Waals surface area contributed by atoms with Gasteiger partial charge in [-0.2, -0.15) is 0 Å². The van der Waals surface area contributed by atoms with Crippen molar-refractivity contribution < 1.29 is 9.53 Å². The van der Waals surface area contributed by atoms with Crippen LogP contribution < -0.4 is 15.8 Å². The van der Waals surface area contributed by atoms with Crippen LogP contribution in [0.2, 0.25) is 0 Å². The zero-order chi connectivity index (χ0) is 14.4. The van der Waals surface area contributed by atoms with Crippen LogP contribution in [0.15, 0.2) is 48.5 Å². The molecule has 0 saturated carbocycles. The number of carbonyl (C=O) groups is 1. The number of nitrogens with two attached hydrogens (primary N) is 1. The molecule has 2 aromatic rings. The Balaban J connectivity index is 2.20. The van der Waals surface area contributed by atoms with Crippen LogP contribution in [0, 0.1) is 0 Å². The third-order valence-electron chi connectivity index (χ3n) is 2.86. The number of ether oxygens (including phenoxy) is 1. The normalized spacial score (nSPS) is 10.2. The molecule has 0 radical (unpaired) electrons. The van der Waals surface area contributed by atoms with E-state index in [-0.39, 0.29) is 0 Å². The maximum absolute atomic E-state index is 11.4. The number of benzene rings is 2. The SMILES string of the molecule is CCNCc1cccc(Oc2ccccc2C(N)=O)c1. The Morgan fingerprint density at radius 3 is 2.75 bits per heavy atom. The fourth-order valence-electron chi connectivity index (χ4n) is 1.87. The minimum atomic E-state index is -0.496. The quantitative estimate of drug-likeness (QED) is 0.848. The highest BCUT2D eigenvalue weighted by molar-refractivity contribution is 5.95. The van der Waals surface area contributed by atoms with Gasteiger partial charge < -0.3 is 15.8 Å². The van der Waals surface area contributed by atoms with Gasteiger partial charge in [0.25, 0.3) is 5.91 Å². The molecule has 2 aromatic carbocycles. The predicted octanol–water partition coefficient (Wildman–Crippen LogP) is 2.69. The summed E-state index contributed by atoms with van der Waals surface area (Å²) in [5.74, 6) is 0.666. The van der Waals surface area contributed by atoms with E-state index in [4.69, 9.17) is 10.5 Å². The van der Waals surface area contributed by atoms with E-state index in [1.165, 1.54) is 0 Å². The number of nitrogens with one attached hydrogen (secondary N) is 1. The molecule has 3 N–H and O–H groups in total. The lowest BCUT2D eigenvalue weighted by molar-refractivity contribution is 0.0998. The first-order valence-corrected chi connectivity index (χ1v) is 6.57. The second-order valence-electron chi connectivity index (χ2n) is 4.39. The standard InChI is InChI=1S/C16H18N2O2/c1-2-18-11-12-6-5-7-13(10-12)20-15-9-4-3-8-14(15)16(17)19/h3-10,18H,2,11H2,1H3,(H2,17,19). The molecule has 0 unspecified atom stereocenters. The van der Waals surface area contributed by atoms with Crippen LogP contribution >= 0.6 is 0 Å². The molecule has 0 bridgehead atoms. The lowest BCUT2D eigenvalue weighted by Crippen LogP contribution is -2.12. The fraction of sp³-hybridized carbons (Fsp3) is 0.188. The first kappa shape index (κ1) is 14.1. The van der Waals surface area contributed by atoms with Crippen molar-refractivity contribution >= 4 is 5.91 Å². The van der Waals surface area contributed by atoms with Gasteiger partial charge in [-0.1, -0.05) is 31.2 Å². The molecule has 2 rings (SSSR count). The van der Waals surface area contributed by atoms with Gasteiger partial charge in [0, 0.05) is 6.54 Å². The van der Waals surface area contributed by atoms with Crippen molar-refractivity contribution in [3.05, 3.63) is 59.7 Å². The van der Waals surface area contributed by atoms with Crippen molar-refractivity contribution in [2.75, 3.05) is 6.54 Å². The Hall–Kier alpha value is -2.33. The lowest BCUT2D eigenvalue weighted by Gasteiger charge is -2.10. The van der Waals surface area contributed by atoms with Gasteiger partial charge in [0.05, 0.1) is 5.56 Å². The molecule has 0 atom stereocenters. The van der Waals surface area contributed by atoms with E-state index in [2.05, 4.69) is 12.2 Å². The van der Waals surface area contributed by atoms with Crippen molar-refractivity contribution in [1.29, 1.82) is 0 Å². The maximum Gasteiger partial charge on any atom is 0.252 e. The summed E-state index contributed by atoms with van der Waals surface area (Å²) in [7, 11) is 0. The summed E-state index contributed by atoms with van der Waals surface area (Å²) in [6, 6.07) is 14.7. The van der Waals surface area contributed by atoms with Crippen molar-refractivity contribution in [2.45, 2.75) is 13.5 Å². The summed E-state index contributed by atoms with van der Waals surface area (Å²) in [5.41, 5.74) is 6.84. The molecular formula is C16H18N2O2. The van der Waals surface area contributed by atoms with E-state index < -0.39 is 5.91 Å². The van der Waals surface area contributed by atoms with Gasteiger partial charge in [-0.25, -0.2) is 0 Å². The van der Waals surface area contributed by atoms with Crippen LogP contribution in [0.25, 0.3) is 0 Å². The van der Waals surface area contributed by atoms with Crippen LogP contribution in [0.5, 0.6) is 11.5 Å². The molecule has 4 heteroatoms. The smallest absolute Gasteiger partial charge is 0.252 e. The molecule has 104 valence electrons. The maximum atomic E-state index is 11.4. The van der Waals surface area contributed by atoms with Crippen LogP contribution in [0.3, 0.4) is 0 Å². The molecule has 0 aliphatic carbocycles. The number of rotatable bonds is 6. The molecule has 1 amide bonds. The van der Waals surface area contributed by atoms with Crippen LogP contribution in [0.4, 0.5) is 0 Å². The monoisotopic (exact) mass is 270 g/mol. The highest BCUT2D eigenvalue weighted by Crippen LogP contribution is 2.25. The summed E-state index contributed by atoms with van der Waals surface area (Å²) in [4.78, 5) is 11.4. The zero-order valence-corrected chi connectivity index (χ0v) is 11.4. The number of carbonyl (C=O) groups excluding carboxylic acids is 1. The minimum Gasteiger partial charge on any atom is -0.457 e. The van der Waals surface area contributed by atoms with Gasteiger partial charge in [-0.05, 0) is 36.4 Å². The van der Waals surface area contributed by atoms with Gasteiger partial charge in [-0.3, -0.25) is 4.79 Å². The van der Waals surface area contributed by atoms with E-state index in [1.807, 2.05) is 30.3 Å². The molecule has 0 spiro atoms. The lowest BCUT2D eigenvalue weighted by atomic mass is 10.2. The molecule has 0 aliphatic rings. The fourth-order valence-corrected chi connectivity index (χ4v) is 1.87. The molecule has 4 nitrogen and oxygen atoms in total. The van der Waals surface area contributed by atoms with E-state index >= 15 is 0 Å². The first-order valence-electron chi connectivity index (χ1n) is 6.57. The summed E-state index contributed by atoms with van der Waals surface area (Å²) < 4.78 is 5.76. The molecule has 20 heavy (non-hydrogen) atoms. The van der Waals surface area contributed by atoms with Gasteiger partial charge in [-0.15, -0.1) is 0 Å². The predicted molar refractivity (Wildman–Crippen MR) is 78.9 cm³/mol. The summed E-state index contributed by atoms with van der Waals surface area (Å²) in [5, 5.41) is 3.26. The average molecular weight is 270 g/mol. The van der Waals surface area contributed by atoms with Crippen molar-refractivity contribution in [3.63, 3.8) is 0 Å². The number of amides is 1. The van der Waals surface area contributed by atoms with Crippen molar-refractivity contribution in [3.8, 4) is 11.5 Å². The average Bonchev–Trinajstić information content (AvgIpc) is 2.46. The third kappa shape index (κ3) is 3.59. The Morgan fingerprint density at radius 1 is 1.20 bits per heavy atom. The Kier molecular flexibility index (Phi) is 4.74. The Morgan fingerprint density at radius 2 is 2.00 bits per heavy atom. The number of hydrogen-bond donors (Lipinski definition) is 2. The number of primary amides is 1. The van der Waals surface area contributed by atoms with Crippen molar-refractivity contribution in [2.24, 2.45) is 5.73 Å². The highest BCUT2D eigenvalue weighted by Gasteiger charge is 2.09. The van der Waals surface area contributed by atoms with E-state index in [0.717, 1.165) is 18.7 Å². The third-order valence-corrected chi connectivity index (χ3v) is 2.86. The molecular weight excluding hydrogens is 252 g/mol. The number of hydrogen-bond acceptors (Lipinski definition) is 3. The number of para-hydroxylation sites is 1. The molecule has 0 heterocycles. The van der Waals surface area contributed by atoms with Gasteiger partial charge in [0.1, 0.15) is 11.5 Å². The molecule has 0 aromatic heterocycles. The second kappa shape index (κ2) is 6.73. The van der Waals surface area contributed by atoms with E-state index in [0.29, 0.717) is 17.1 Å². The Bertz CT molecular complexity index is 597. The van der Waals surface area contributed by atoms with Gasteiger partial charge in [0.15, 0.2) is 0 Å². The molecule has 0 saturated heterocycles. The second-order valence-corrected chi connectivity index (χ2v) is 4.39. The van der Waals surface area contributed by atoms with Crippen LogP contribution in [-0.2, 0) is 6.54 Å². The van der Waals surface area contributed by atoms with Gasteiger partial charge in [0.2, 0.25) is 0 Å². The van der Waals surface area contributed by atoms with E-state index in [9.17, 15) is 4.79 Å². The summed E-state index contributed by atoms with van der Waals surface area (Å²) in [6.07, 6.45) is 0. The topological polar surface area (TPSA) is 64.3 Å². The molecule has 0 fully saturated rings. The highest BCUT2D eigenvalue weighted by atomic mass is 16.5. The van der Waals surface area contributed by atoms with Gasteiger partial charge >= 0.3 is 0 Å². The summed E-state index contributed by atoms with van der Waals surface area (Å²) in [6.45, 7) is 3.75.